The highest BCUT2D eigenvalue weighted by Gasteiger charge is 2.18. The number of hydrogen-bond donors (Lipinski definition) is 2. The molecular weight excluding hydrogens is 400 g/mol. The van der Waals surface area contributed by atoms with Crippen LogP contribution >= 0.6 is 11.6 Å². The Kier molecular flexibility index (Phi) is 7.15. The third-order valence-corrected chi connectivity index (χ3v) is 5.39. The Morgan fingerprint density at radius 1 is 1.33 bits per heavy atom. The van der Waals surface area contributed by atoms with Crippen LogP contribution in [0.2, 0.25) is 5.15 Å². The number of aromatic nitrogens is 3. The summed E-state index contributed by atoms with van der Waals surface area (Å²) in [5, 5.41) is 4.71. The number of ether oxygens (including phenoxy) is 1. The molecule has 0 radical (unpaired) electrons. The molecule has 0 spiro atoms. The number of nitrogens with two attached hydrogens (primary N) is 1. The van der Waals surface area contributed by atoms with E-state index in [1.54, 1.807) is 7.11 Å². The first-order chi connectivity index (χ1) is 14.3. The van der Waals surface area contributed by atoms with Gasteiger partial charge in [-0.3, -0.25) is 4.99 Å². The lowest BCUT2D eigenvalue weighted by Gasteiger charge is -2.11. The predicted molar refractivity (Wildman–Crippen MR) is 124 cm³/mol. The molecule has 8 heteroatoms. The second-order valence-corrected chi connectivity index (χ2v) is 8.50. The average Bonchev–Trinajstić information content (AvgIpc) is 2.96. The van der Waals surface area contributed by atoms with Gasteiger partial charge < -0.3 is 20.4 Å². The number of aliphatic imine (C=N–C) groups is 1. The number of allylic oxidation sites excluding steroid dienone is 3. The lowest BCUT2D eigenvalue weighted by atomic mass is 10.1. The van der Waals surface area contributed by atoms with E-state index in [0.29, 0.717) is 17.6 Å². The third-order valence-electron chi connectivity index (χ3n) is 5.11. The second kappa shape index (κ2) is 9.62. The molecule has 0 fully saturated rings. The molecule has 2 aromatic rings. The van der Waals surface area contributed by atoms with Crippen molar-refractivity contribution in [2.75, 3.05) is 25.9 Å². The fourth-order valence-corrected chi connectivity index (χ4v) is 3.85. The fourth-order valence-electron chi connectivity index (χ4n) is 3.56. The molecule has 0 aliphatic carbocycles. The van der Waals surface area contributed by atoms with Gasteiger partial charge in [0.25, 0.3) is 0 Å². The van der Waals surface area contributed by atoms with Gasteiger partial charge in [-0.15, -0.1) is 0 Å². The number of nitrogens with one attached hydrogen (secondary N) is 1. The summed E-state index contributed by atoms with van der Waals surface area (Å²) in [5.74, 6) is 1.81. The van der Waals surface area contributed by atoms with Crippen LogP contribution in [0.5, 0.6) is 0 Å². The van der Waals surface area contributed by atoms with Crippen molar-refractivity contribution in [2.24, 2.45) is 16.8 Å². The molecule has 3 rings (SSSR count). The molecule has 0 saturated heterocycles. The molecule has 0 bridgehead atoms. The van der Waals surface area contributed by atoms with Gasteiger partial charge in [0.05, 0.1) is 24.7 Å². The maximum Gasteiger partial charge on any atom is 0.223 e. The number of hydrogen-bond acceptors (Lipinski definition) is 6. The van der Waals surface area contributed by atoms with E-state index in [2.05, 4.69) is 52.9 Å². The summed E-state index contributed by atoms with van der Waals surface area (Å²) >= 11 is 6.47. The Labute approximate surface area is 183 Å². The number of nitrogens with zero attached hydrogens (tertiary/aromatic N) is 4. The van der Waals surface area contributed by atoms with Gasteiger partial charge in [-0.05, 0) is 44.0 Å². The average molecular weight is 431 g/mol. The molecular formula is C22H31ClN6O. The SMILES string of the molecule is COC1=CC(C)C=NC(Cn2cc(CCNCC(C)C)c3c(Cl)nc(N)nc32)=C1C. The molecule has 30 heavy (non-hydrogen) atoms. The number of fused-ring (bicyclic) bond motifs is 1. The van der Waals surface area contributed by atoms with Gasteiger partial charge >= 0.3 is 0 Å². The van der Waals surface area contributed by atoms with E-state index in [4.69, 9.17) is 27.1 Å². The topological polar surface area (TPSA) is 90.3 Å². The maximum absolute atomic E-state index is 6.47. The van der Waals surface area contributed by atoms with Gasteiger partial charge in [0, 0.05) is 23.9 Å². The zero-order valence-electron chi connectivity index (χ0n) is 18.4. The summed E-state index contributed by atoms with van der Waals surface area (Å²) in [6.07, 6.45) is 6.92. The van der Waals surface area contributed by atoms with Crippen LogP contribution in [0, 0.1) is 11.8 Å². The molecule has 1 aliphatic heterocycles. The summed E-state index contributed by atoms with van der Waals surface area (Å²) < 4.78 is 7.63. The van der Waals surface area contributed by atoms with Gasteiger partial charge in [0.2, 0.25) is 5.95 Å². The number of anilines is 1. The third kappa shape index (κ3) is 5.02. The van der Waals surface area contributed by atoms with E-state index in [-0.39, 0.29) is 11.9 Å². The Hall–Kier alpha value is -2.38. The van der Waals surface area contributed by atoms with Crippen molar-refractivity contribution in [1.82, 2.24) is 19.9 Å². The molecule has 162 valence electrons. The fraction of sp³-hybridized carbons (Fsp3) is 0.500. The monoisotopic (exact) mass is 430 g/mol. The highest BCUT2D eigenvalue weighted by molar-refractivity contribution is 6.34. The smallest absolute Gasteiger partial charge is 0.223 e. The minimum atomic E-state index is 0.164. The number of methoxy groups -OCH3 is 1. The molecule has 2 aromatic heterocycles. The summed E-state index contributed by atoms with van der Waals surface area (Å²) in [5.41, 5.74) is 9.65. The van der Waals surface area contributed by atoms with Crippen molar-refractivity contribution in [1.29, 1.82) is 0 Å². The molecule has 1 unspecified atom stereocenters. The summed E-state index contributed by atoms with van der Waals surface area (Å²) in [7, 11) is 1.69. The van der Waals surface area contributed by atoms with Crippen molar-refractivity contribution in [3.8, 4) is 0 Å². The Bertz CT molecular complexity index is 1000. The van der Waals surface area contributed by atoms with E-state index in [9.17, 15) is 0 Å². The second-order valence-electron chi connectivity index (χ2n) is 8.15. The normalized spacial score (nSPS) is 17.0. The maximum atomic E-state index is 6.47. The van der Waals surface area contributed by atoms with E-state index in [1.807, 2.05) is 13.1 Å². The van der Waals surface area contributed by atoms with E-state index in [0.717, 1.165) is 53.1 Å². The molecule has 7 nitrogen and oxygen atoms in total. The summed E-state index contributed by atoms with van der Waals surface area (Å²) in [4.78, 5) is 13.4. The van der Waals surface area contributed by atoms with Gasteiger partial charge in [-0.1, -0.05) is 32.4 Å². The van der Waals surface area contributed by atoms with E-state index >= 15 is 0 Å². The van der Waals surface area contributed by atoms with Crippen molar-refractivity contribution in [3.05, 3.63) is 40.0 Å². The highest BCUT2D eigenvalue weighted by Crippen LogP contribution is 2.29. The van der Waals surface area contributed by atoms with Gasteiger partial charge in [-0.2, -0.15) is 4.98 Å². The number of halogens is 1. The summed E-state index contributed by atoms with van der Waals surface area (Å²) in [6, 6.07) is 0. The van der Waals surface area contributed by atoms with Crippen molar-refractivity contribution in [3.63, 3.8) is 0 Å². The predicted octanol–water partition coefficient (Wildman–Crippen LogP) is 3.98. The Balaban J connectivity index is 1.97. The minimum Gasteiger partial charge on any atom is -0.497 e. The van der Waals surface area contributed by atoms with Crippen LogP contribution in [-0.4, -0.2) is 40.9 Å². The quantitative estimate of drug-likeness (QED) is 0.488. The lowest BCUT2D eigenvalue weighted by Crippen LogP contribution is -2.22. The Morgan fingerprint density at radius 2 is 2.10 bits per heavy atom. The zero-order valence-corrected chi connectivity index (χ0v) is 19.1. The van der Waals surface area contributed by atoms with E-state index in [1.165, 1.54) is 0 Å². The van der Waals surface area contributed by atoms with Gasteiger partial charge in [-0.25, -0.2) is 4.98 Å². The minimum absolute atomic E-state index is 0.164. The van der Waals surface area contributed by atoms with Gasteiger partial charge in [0.1, 0.15) is 16.6 Å². The molecule has 0 saturated carbocycles. The van der Waals surface area contributed by atoms with Crippen molar-refractivity contribution >= 4 is 34.8 Å². The molecule has 3 heterocycles. The molecule has 0 aromatic carbocycles. The Morgan fingerprint density at radius 3 is 2.80 bits per heavy atom. The first-order valence-electron chi connectivity index (χ1n) is 10.3. The van der Waals surface area contributed by atoms with Crippen molar-refractivity contribution in [2.45, 2.75) is 40.7 Å². The van der Waals surface area contributed by atoms with Crippen LogP contribution in [0.1, 0.15) is 33.3 Å². The lowest BCUT2D eigenvalue weighted by molar-refractivity contribution is 0.297. The van der Waals surface area contributed by atoms with Crippen LogP contribution in [0.25, 0.3) is 11.0 Å². The molecule has 3 N–H and O–H groups in total. The molecule has 0 amide bonds. The molecule has 1 aliphatic rings. The molecule has 1 atom stereocenters. The van der Waals surface area contributed by atoms with E-state index < -0.39 is 0 Å². The van der Waals surface area contributed by atoms with Crippen LogP contribution < -0.4 is 11.1 Å². The van der Waals surface area contributed by atoms with Crippen LogP contribution in [0.15, 0.2) is 34.3 Å². The first-order valence-corrected chi connectivity index (χ1v) is 10.7. The zero-order chi connectivity index (χ0) is 21.8. The first kappa shape index (κ1) is 22.3. The van der Waals surface area contributed by atoms with Gasteiger partial charge in [0.15, 0.2) is 0 Å². The van der Waals surface area contributed by atoms with Crippen LogP contribution in [0.4, 0.5) is 5.95 Å². The number of rotatable bonds is 8. The van der Waals surface area contributed by atoms with Crippen LogP contribution in [-0.2, 0) is 17.7 Å². The largest absolute Gasteiger partial charge is 0.497 e. The highest BCUT2D eigenvalue weighted by atomic mass is 35.5. The van der Waals surface area contributed by atoms with Crippen molar-refractivity contribution < 1.29 is 4.74 Å². The standard InChI is InChI=1S/C22H31ClN6O/c1-13(2)9-25-7-6-16-11-29(21-19(16)20(23)27-22(24)28-21)12-17-15(4)18(30-5)8-14(3)10-26-17/h8,10-11,13-14,25H,6-7,9,12H2,1-5H3,(H2,24,27,28). The summed E-state index contributed by atoms with van der Waals surface area (Å²) in [6.45, 7) is 10.9. The van der Waals surface area contributed by atoms with Crippen LogP contribution in [0.3, 0.4) is 0 Å². The number of nitrogen functional groups attached to an aromatic ring is 1.